The summed E-state index contributed by atoms with van der Waals surface area (Å²) >= 11 is 7.90. The number of hydrogen-bond acceptors (Lipinski definition) is 5. The van der Waals surface area contributed by atoms with Gasteiger partial charge in [-0.05, 0) is 41.2 Å². The molecule has 2 aromatic carbocycles. The van der Waals surface area contributed by atoms with Gasteiger partial charge in [-0.2, -0.15) is 5.26 Å². The number of methoxy groups -OCH3 is 1. The number of ether oxygens (including phenoxy) is 1. The molecule has 0 bridgehead atoms. The normalized spacial score (nSPS) is 19.8. The third-order valence-electron chi connectivity index (χ3n) is 5.91. The second-order valence-corrected chi connectivity index (χ2v) is 10.3. The second-order valence-electron chi connectivity index (χ2n) is 8.90. The van der Waals surface area contributed by atoms with Gasteiger partial charge in [0, 0.05) is 28.5 Å². The molecule has 0 fully saturated rings. The first kappa shape index (κ1) is 22.5. The molecule has 1 heterocycles. The number of allylic oxidation sites excluding steroid dienone is 3. The first-order valence-corrected chi connectivity index (χ1v) is 11.9. The summed E-state index contributed by atoms with van der Waals surface area (Å²) in [7, 11) is 1.62. The summed E-state index contributed by atoms with van der Waals surface area (Å²) in [6, 6.07) is 17.8. The molecular formula is C26H25ClN2O2S. The lowest BCUT2D eigenvalue weighted by molar-refractivity contribution is -0.118. The Kier molecular flexibility index (Phi) is 6.37. The number of ketones is 1. The van der Waals surface area contributed by atoms with Crippen LogP contribution in [0.15, 0.2) is 70.4 Å². The SMILES string of the molecule is COc1ccc(C2C(C#N)=C(SCc3ccccc3Cl)NC3=C2C(=O)CC(C)(C)C3)cc1. The molecule has 0 aromatic heterocycles. The molecule has 0 radical (unpaired) electrons. The fourth-order valence-corrected chi connectivity index (χ4v) is 5.73. The molecule has 1 atom stereocenters. The summed E-state index contributed by atoms with van der Waals surface area (Å²) in [5, 5.41) is 15.1. The first-order valence-electron chi connectivity index (χ1n) is 10.5. The first-order chi connectivity index (χ1) is 15.3. The van der Waals surface area contributed by atoms with Crippen LogP contribution in [-0.2, 0) is 10.5 Å². The van der Waals surface area contributed by atoms with Gasteiger partial charge in [0.15, 0.2) is 5.78 Å². The van der Waals surface area contributed by atoms with Crippen molar-refractivity contribution in [2.75, 3.05) is 7.11 Å². The zero-order valence-electron chi connectivity index (χ0n) is 18.4. The highest BCUT2D eigenvalue weighted by atomic mass is 35.5. The molecule has 164 valence electrons. The van der Waals surface area contributed by atoms with Crippen molar-refractivity contribution in [2.24, 2.45) is 5.41 Å². The summed E-state index contributed by atoms with van der Waals surface area (Å²) < 4.78 is 5.30. The van der Waals surface area contributed by atoms with E-state index in [0.29, 0.717) is 28.3 Å². The zero-order chi connectivity index (χ0) is 22.9. The Bertz CT molecular complexity index is 1160. The minimum atomic E-state index is -0.389. The van der Waals surface area contributed by atoms with E-state index in [-0.39, 0.29) is 17.1 Å². The zero-order valence-corrected chi connectivity index (χ0v) is 19.9. The van der Waals surface area contributed by atoms with E-state index in [0.717, 1.165) is 34.0 Å². The van der Waals surface area contributed by atoms with Gasteiger partial charge in [0.2, 0.25) is 0 Å². The van der Waals surface area contributed by atoms with Crippen LogP contribution < -0.4 is 10.1 Å². The van der Waals surface area contributed by atoms with Crippen LogP contribution in [0.25, 0.3) is 0 Å². The van der Waals surface area contributed by atoms with Gasteiger partial charge in [-0.15, -0.1) is 11.8 Å². The highest BCUT2D eigenvalue weighted by molar-refractivity contribution is 8.02. The standard InChI is InChI=1S/C26H25ClN2O2S/c1-26(2)12-21-24(22(30)13-26)23(16-8-10-18(31-3)11-9-16)19(14-28)25(29-21)32-15-17-6-4-5-7-20(17)27/h4-11,23,29H,12-13,15H2,1-3H3. The van der Waals surface area contributed by atoms with Gasteiger partial charge in [-0.25, -0.2) is 0 Å². The predicted octanol–water partition coefficient (Wildman–Crippen LogP) is 6.35. The molecule has 4 nitrogen and oxygen atoms in total. The third kappa shape index (κ3) is 4.44. The van der Waals surface area contributed by atoms with Gasteiger partial charge in [-0.1, -0.05) is 55.8 Å². The van der Waals surface area contributed by atoms with Gasteiger partial charge in [0.05, 0.1) is 29.7 Å². The van der Waals surface area contributed by atoms with E-state index in [1.165, 1.54) is 0 Å². The lowest BCUT2D eigenvalue weighted by atomic mass is 9.69. The van der Waals surface area contributed by atoms with Crippen molar-refractivity contribution >= 4 is 29.1 Å². The lowest BCUT2D eigenvalue weighted by Crippen LogP contribution is -2.36. The molecule has 32 heavy (non-hydrogen) atoms. The number of nitrogens with one attached hydrogen (secondary N) is 1. The molecule has 2 aliphatic rings. The van der Waals surface area contributed by atoms with Crippen LogP contribution in [0.1, 0.15) is 43.7 Å². The van der Waals surface area contributed by atoms with Crippen LogP contribution in [0.2, 0.25) is 5.02 Å². The van der Waals surface area contributed by atoms with Crippen molar-refractivity contribution in [1.82, 2.24) is 5.32 Å². The molecule has 0 saturated carbocycles. The highest BCUT2D eigenvalue weighted by Crippen LogP contribution is 2.48. The number of Topliss-reactive ketones (excluding diaryl/α,β-unsaturated/α-hetero) is 1. The van der Waals surface area contributed by atoms with Crippen molar-refractivity contribution in [2.45, 2.75) is 38.4 Å². The summed E-state index contributed by atoms with van der Waals surface area (Å²) in [6.07, 6.45) is 1.23. The van der Waals surface area contributed by atoms with Crippen molar-refractivity contribution in [3.05, 3.63) is 86.6 Å². The van der Waals surface area contributed by atoms with E-state index in [1.54, 1.807) is 18.9 Å². The Morgan fingerprint density at radius 2 is 1.91 bits per heavy atom. The fraction of sp³-hybridized carbons (Fsp3) is 0.308. The minimum Gasteiger partial charge on any atom is -0.497 e. The van der Waals surface area contributed by atoms with Crippen molar-refractivity contribution < 1.29 is 9.53 Å². The molecule has 2 aromatic rings. The maximum atomic E-state index is 13.3. The monoisotopic (exact) mass is 464 g/mol. The largest absolute Gasteiger partial charge is 0.497 e. The number of hydrogen-bond donors (Lipinski definition) is 1. The van der Waals surface area contributed by atoms with Gasteiger partial charge in [-0.3, -0.25) is 4.79 Å². The average Bonchev–Trinajstić information content (AvgIpc) is 2.76. The molecule has 0 saturated heterocycles. The molecule has 1 aliphatic carbocycles. The van der Waals surface area contributed by atoms with Crippen LogP contribution >= 0.6 is 23.4 Å². The van der Waals surface area contributed by atoms with E-state index in [4.69, 9.17) is 16.3 Å². The molecule has 1 aliphatic heterocycles. The molecule has 1 unspecified atom stereocenters. The molecule has 0 amide bonds. The summed E-state index contributed by atoms with van der Waals surface area (Å²) in [5.41, 5.74) is 4.00. The maximum absolute atomic E-state index is 13.3. The predicted molar refractivity (Wildman–Crippen MR) is 129 cm³/mol. The third-order valence-corrected chi connectivity index (χ3v) is 7.34. The topological polar surface area (TPSA) is 62.1 Å². The summed E-state index contributed by atoms with van der Waals surface area (Å²) in [6.45, 7) is 4.22. The van der Waals surface area contributed by atoms with Gasteiger partial charge >= 0.3 is 0 Å². The van der Waals surface area contributed by atoms with E-state index in [2.05, 4.69) is 25.2 Å². The number of dihydropyridines is 1. The van der Waals surface area contributed by atoms with Crippen LogP contribution in [0.4, 0.5) is 0 Å². The molecular weight excluding hydrogens is 440 g/mol. The number of nitriles is 1. The van der Waals surface area contributed by atoms with Crippen molar-refractivity contribution in [1.29, 1.82) is 5.26 Å². The van der Waals surface area contributed by atoms with Crippen molar-refractivity contribution in [3.8, 4) is 11.8 Å². The number of halogens is 1. The van der Waals surface area contributed by atoms with Crippen LogP contribution in [-0.4, -0.2) is 12.9 Å². The van der Waals surface area contributed by atoms with Crippen LogP contribution in [0.5, 0.6) is 5.75 Å². The molecule has 1 N–H and O–H groups in total. The minimum absolute atomic E-state index is 0.104. The van der Waals surface area contributed by atoms with E-state index < -0.39 is 0 Å². The Hall–Kier alpha value is -2.68. The highest BCUT2D eigenvalue weighted by Gasteiger charge is 2.41. The number of rotatable bonds is 5. The lowest BCUT2D eigenvalue weighted by Gasteiger charge is -2.39. The molecule has 4 rings (SSSR count). The smallest absolute Gasteiger partial charge is 0.162 e. The van der Waals surface area contributed by atoms with Crippen LogP contribution in [0.3, 0.4) is 0 Å². The number of benzene rings is 2. The Labute approximate surface area is 198 Å². The number of carbonyl (C=O) groups is 1. The number of thioether (sulfide) groups is 1. The van der Waals surface area contributed by atoms with Gasteiger partial charge < -0.3 is 10.1 Å². The summed E-state index contributed by atoms with van der Waals surface area (Å²) in [5.74, 6) is 1.08. The van der Waals surface area contributed by atoms with Crippen molar-refractivity contribution in [3.63, 3.8) is 0 Å². The van der Waals surface area contributed by atoms with Gasteiger partial charge in [0.1, 0.15) is 5.75 Å². The van der Waals surface area contributed by atoms with Crippen LogP contribution in [0, 0.1) is 16.7 Å². The average molecular weight is 465 g/mol. The maximum Gasteiger partial charge on any atom is 0.162 e. The Balaban J connectivity index is 1.77. The summed E-state index contributed by atoms with van der Waals surface area (Å²) in [4.78, 5) is 13.3. The number of nitrogens with zero attached hydrogens (tertiary/aromatic N) is 1. The number of carbonyl (C=O) groups excluding carboxylic acids is 1. The second kappa shape index (κ2) is 9.05. The van der Waals surface area contributed by atoms with E-state index in [9.17, 15) is 10.1 Å². The van der Waals surface area contributed by atoms with E-state index >= 15 is 0 Å². The van der Waals surface area contributed by atoms with Gasteiger partial charge in [0.25, 0.3) is 0 Å². The fourth-order valence-electron chi connectivity index (χ4n) is 4.39. The quantitative estimate of drug-likeness (QED) is 0.558. The molecule has 0 spiro atoms. The molecule has 6 heteroatoms. The van der Waals surface area contributed by atoms with E-state index in [1.807, 2.05) is 48.5 Å². The Morgan fingerprint density at radius 1 is 1.19 bits per heavy atom. The Morgan fingerprint density at radius 3 is 2.56 bits per heavy atom.